The van der Waals surface area contributed by atoms with Gasteiger partial charge in [-0.25, -0.2) is 0 Å². The minimum absolute atomic E-state index is 0.0378. The number of nitrogen functional groups attached to an aromatic ring is 1. The van der Waals surface area contributed by atoms with Crippen LogP contribution in [0.1, 0.15) is 0 Å². The molecule has 5 heteroatoms. The van der Waals surface area contributed by atoms with Crippen LogP contribution in [-0.4, -0.2) is 18.3 Å². The summed E-state index contributed by atoms with van der Waals surface area (Å²) in [4.78, 5) is 0. The Morgan fingerprint density at radius 1 is 1.31 bits per heavy atom. The first-order valence-electron chi connectivity index (χ1n) is 4.98. The summed E-state index contributed by atoms with van der Waals surface area (Å²) in [5.74, 6) is 0. The summed E-state index contributed by atoms with van der Waals surface area (Å²) in [6.07, 6.45) is 2.87. The van der Waals surface area contributed by atoms with Crippen LogP contribution in [0.3, 0.4) is 0 Å². The van der Waals surface area contributed by atoms with E-state index in [4.69, 9.17) is 10.8 Å². The van der Waals surface area contributed by atoms with Gasteiger partial charge in [0.25, 0.3) is 0 Å². The van der Waals surface area contributed by atoms with Gasteiger partial charge in [-0.2, -0.15) is 4.73 Å². The Morgan fingerprint density at radius 2 is 2.12 bits per heavy atom. The zero-order valence-electron chi connectivity index (χ0n) is 8.68. The van der Waals surface area contributed by atoms with Crippen molar-refractivity contribution in [2.24, 2.45) is 0 Å². The van der Waals surface area contributed by atoms with E-state index in [0.29, 0.717) is 12.2 Å². The number of pyridine rings is 1. The molecule has 2 rings (SSSR count). The molecule has 0 saturated carbocycles. The first-order valence-corrected chi connectivity index (χ1v) is 4.98. The molecule has 2 aromatic rings. The molecule has 16 heavy (non-hydrogen) atoms. The lowest BCUT2D eigenvalue weighted by Crippen LogP contribution is -2.24. The van der Waals surface area contributed by atoms with Crippen LogP contribution in [0.4, 0.5) is 11.4 Å². The molecule has 0 saturated heterocycles. The Kier molecular flexibility index (Phi) is 2.78. The summed E-state index contributed by atoms with van der Waals surface area (Å²) >= 11 is 0. The Labute approximate surface area is 92.7 Å². The number of aliphatic hydroxyl groups is 1. The zero-order valence-corrected chi connectivity index (χ0v) is 8.68. The first-order chi connectivity index (χ1) is 7.72. The number of fused-ring (bicyclic) bond motifs is 1. The topological polar surface area (TPSA) is 85.2 Å². The van der Waals surface area contributed by atoms with E-state index in [-0.39, 0.29) is 6.61 Å². The molecule has 0 atom stereocenters. The highest BCUT2D eigenvalue weighted by Gasteiger charge is 2.06. The molecular weight excluding hydrogens is 206 g/mol. The molecular formula is C11H13N3O2. The molecule has 1 aromatic carbocycles. The molecule has 0 fully saturated rings. The second-order valence-corrected chi connectivity index (χ2v) is 3.48. The fraction of sp³-hybridized carbons (Fsp3) is 0.182. The highest BCUT2D eigenvalue weighted by atomic mass is 16.5. The fourth-order valence-corrected chi connectivity index (χ4v) is 1.64. The highest BCUT2D eigenvalue weighted by Crippen LogP contribution is 2.26. The normalized spacial score (nSPS) is 10.6. The van der Waals surface area contributed by atoms with E-state index in [1.165, 1.54) is 12.4 Å². The van der Waals surface area contributed by atoms with Gasteiger partial charge in [-0.05, 0) is 12.1 Å². The number of aromatic nitrogens is 1. The molecule has 0 unspecified atom stereocenters. The summed E-state index contributed by atoms with van der Waals surface area (Å²) in [5.41, 5.74) is 7.24. The summed E-state index contributed by atoms with van der Waals surface area (Å²) in [6.45, 7) is 0.475. The number of nitrogens with two attached hydrogens (primary N) is 1. The van der Waals surface area contributed by atoms with Gasteiger partial charge in [0.15, 0.2) is 12.4 Å². The Bertz CT molecular complexity index is 514. The average Bonchev–Trinajstić information content (AvgIpc) is 2.28. The first kappa shape index (κ1) is 10.5. The van der Waals surface area contributed by atoms with E-state index in [0.717, 1.165) is 21.2 Å². The van der Waals surface area contributed by atoms with Crippen molar-refractivity contribution < 1.29 is 9.84 Å². The van der Waals surface area contributed by atoms with Crippen LogP contribution in [0.15, 0.2) is 30.6 Å². The van der Waals surface area contributed by atoms with Crippen molar-refractivity contribution in [1.29, 1.82) is 0 Å². The van der Waals surface area contributed by atoms with E-state index in [9.17, 15) is 5.21 Å². The van der Waals surface area contributed by atoms with Crippen molar-refractivity contribution in [3.63, 3.8) is 0 Å². The molecule has 0 aliphatic rings. The van der Waals surface area contributed by atoms with Gasteiger partial charge in [0.1, 0.15) is 0 Å². The van der Waals surface area contributed by atoms with Crippen LogP contribution in [0.5, 0.6) is 0 Å². The predicted octanol–water partition coefficient (Wildman–Crippen LogP) is 0.460. The molecule has 0 bridgehead atoms. The third kappa shape index (κ3) is 1.85. The largest absolute Gasteiger partial charge is 0.619 e. The van der Waals surface area contributed by atoms with Crippen molar-refractivity contribution in [1.82, 2.24) is 0 Å². The maximum atomic E-state index is 11.2. The number of aliphatic hydroxyl groups excluding tert-OH is 1. The molecule has 1 heterocycles. The quantitative estimate of drug-likeness (QED) is 0.397. The van der Waals surface area contributed by atoms with E-state index in [2.05, 4.69) is 5.32 Å². The van der Waals surface area contributed by atoms with Crippen molar-refractivity contribution in [2.45, 2.75) is 0 Å². The number of rotatable bonds is 3. The number of hydrogen-bond acceptors (Lipinski definition) is 4. The average molecular weight is 219 g/mol. The van der Waals surface area contributed by atoms with Gasteiger partial charge in [0.05, 0.1) is 12.0 Å². The smallest absolute Gasteiger partial charge is 0.190 e. The van der Waals surface area contributed by atoms with Gasteiger partial charge in [-0.15, -0.1) is 0 Å². The molecule has 0 aliphatic carbocycles. The third-order valence-corrected chi connectivity index (χ3v) is 2.39. The lowest BCUT2D eigenvalue weighted by atomic mass is 10.1. The van der Waals surface area contributed by atoms with Crippen molar-refractivity contribution in [2.75, 3.05) is 24.2 Å². The van der Waals surface area contributed by atoms with Gasteiger partial charge >= 0.3 is 0 Å². The van der Waals surface area contributed by atoms with Crippen molar-refractivity contribution >= 4 is 22.1 Å². The van der Waals surface area contributed by atoms with Crippen molar-refractivity contribution in [3.8, 4) is 0 Å². The van der Waals surface area contributed by atoms with Gasteiger partial charge < -0.3 is 21.4 Å². The molecule has 0 spiro atoms. The van der Waals surface area contributed by atoms with E-state index >= 15 is 0 Å². The molecule has 1 aromatic heterocycles. The highest BCUT2D eigenvalue weighted by molar-refractivity contribution is 6.00. The third-order valence-electron chi connectivity index (χ3n) is 2.39. The van der Waals surface area contributed by atoms with Crippen LogP contribution >= 0.6 is 0 Å². The molecule has 0 amide bonds. The lowest BCUT2D eigenvalue weighted by Gasteiger charge is -2.09. The molecule has 84 valence electrons. The Morgan fingerprint density at radius 3 is 2.88 bits per heavy atom. The summed E-state index contributed by atoms with van der Waals surface area (Å²) in [5, 5.41) is 24.6. The summed E-state index contributed by atoms with van der Waals surface area (Å²) in [7, 11) is 0. The number of nitrogens with zero attached hydrogens (tertiary/aromatic N) is 1. The van der Waals surface area contributed by atoms with Gasteiger partial charge in [-0.1, -0.05) is 0 Å². The van der Waals surface area contributed by atoms with Crippen LogP contribution < -0.4 is 15.8 Å². The standard InChI is InChI=1S/C11H13N3O2/c12-10-1-2-11(13-4-6-15)9-7-14(16)5-3-8(9)10/h1-3,5,7,13,15H,4,6,12H2. The van der Waals surface area contributed by atoms with Gasteiger partial charge in [-0.3, -0.25) is 0 Å². The maximum Gasteiger partial charge on any atom is 0.190 e. The SMILES string of the molecule is Nc1ccc(NCCO)c2c[n+]([O-])ccc12. The van der Waals surface area contributed by atoms with Crippen LogP contribution in [0.2, 0.25) is 0 Å². The molecule has 0 aliphatic heterocycles. The number of nitrogens with one attached hydrogen (secondary N) is 1. The maximum absolute atomic E-state index is 11.2. The molecule has 5 nitrogen and oxygen atoms in total. The zero-order chi connectivity index (χ0) is 11.5. The van der Waals surface area contributed by atoms with Gasteiger partial charge in [0.2, 0.25) is 0 Å². The summed E-state index contributed by atoms with van der Waals surface area (Å²) < 4.78 is 0.728. The Balaban J connectivity index is 2.56. The van der Waals surface area contributed by atoms with E-state index in [1.807, 2.05) is 0 Å². The second-order valence-electron chi connectivity index (χ2n) is 3.48. The van der Waals surface area contributed by atoms with Crippen molar-refractivity contribution in [3.05, 3.63) is 35.8 Å². The van der Waals surface area contributed by atoms with Crippen LogP contribution in [0, 0.1) is 5.21 Å². The number of hydrogen-bond donors (Lipinski definition) is 3. The fourth-order valence-electron chi connectivity index (χ4n) is 1.64. The monoisotopic (exact) mass is 219 g/mol. The van der Waals surface area contributed by atoms with E-state index in [1.54, 1.807) is 18.2 Å². The van der Waals surface area contributed by atoms with E-state index < -0.39 is 0 Å². The lowest BCUT2D eigenvalue weighted by molar-refractivity contribution is -0.603. The predicted molar refractivity (Wildman–Crippen MR) is 62.9 cm³/mol. The van der Waals surface area contributed by atoms with Crippen LogP contribution in [0.25, 0.3) is 10.8 Å². The number of benzene rings is 1. The van der Waals surface area contributed by atoms with Gasteiger partial charge in [0, 0.05) is 29.4 Å². The molecule has 4 N–H and O–H groups in total. The second kappa shape index (κ2) is 4.24. The Hall–Kier alpha value is -2.01. The minimum Gasteiger partial charge on any atom is -0.619 e. The minimum atomic E-state index is 0.0378. The molecule has 0 radical (unpaired) electrons. The van der Waals surface area contributed by atoms with Crippen LogP contribution in [-0.2, 0) is 0 Å². The summed E-state index contributed by atoms with van der Waals surface area (Å²) in [6, 6.07) is 5.26. The number of anilines is 2.